The molecule has 1 unspecified atom stereocenters. The molecule has 8 nitrogen and oxygen atoms in total. The van der Waals surface area contributed by atoms with Gasteiger partial charge in [-0.15, -0.1) is 0 Å². The summed E-state index contributed by atoms with van der Waals surface area (Å²) in [7, 11) is -7.38. The summed E-state index contributed by atoms with van der Waals surface area (Å²) in [5, 5.41) is 10.5. The van der Waals surface area contributed by atoms with Crippen molar-refractivity contribution in [2.75, 3.05) is 11.5 Å². The lowest BCUT2D eigenvalue weighted by molar-refractivity contribution is -0.385. The Morgan fingerprint density at radius 2 is 2.05 bits per heavy atom. The molecule has 11 heteroatoms. The van der Waals surface area contributed by atoms with Gasteiger partial charge < -0.3 is 0 Å². The van der Waals surface area contributed by atoms with Crippen molar-refractivity contribution in [1.82, 2.24) is 4.72 Å². The molecule has 1 aliphatic heterocycles. The number of hydrogen-bond donors (Lipinski definition) is 1. The lowest BCUT2D eigenvalue weighted by Gasteiger charge is -2.12. The molecular formula is C10H11ClN2O6S2. The first-order valence-corrected chi connectivity index (χ1v) is 9.46. The third-order valence-corrected chi connectivity index (χ3v) is 6.74. The van der Waals surface area contributed by atoms with Crippen molar-refractivity contribution >= 4 is 37.1 Å². The molecule has 116 valence electrons. The molecule has 21 heavy (non-hydrogen) atoms. The number of nitrogens with one attached hydrogen (secondary N) is 1. The third-order valence-electron chi connectivity index (χ3n) is 2.97. The van der Waals surface area contributed by atoms with Crippen LogP contribution in [0.1, 0.15) is 6.42 Å². The average Bonchev–Trinajstić information content (AvgIpc) is 2.67. The first-order chi connectivity index (χ1) is 9.61. The van der Waals surface area contributed by atoms with Crippen LogP contribution in [0.2, 0.25) is 5.02 Å². The van der Waals surface area contributed by atoms with Gasteiger partial charge in [-0.3, -0.25) is 10.1 Å². The van der Waals surface area contributed by atoms with E-state index in [0.29, 0.717) is 0 Å². The topological polar surface area (TPSA) is 123 Å². The maximum Gasteiger partial charge on any atom is 0.270 e. The van der Waals surface area contributed by atoms with Gasteiger partial charge in [0.25, 0.3) is 5.69 Å². The van der Waals surface area contributed by atoms with Crippen LogP contribution in [0, 0.1) is 10.1 Å². The number of rotatable bonds is 4. The summed E-state index contributed by atoms with van der Waals surface area (Å²) < 4.78 is 49.2. The fourth-order valence-electron chi connectivity index (χ4n) is 1.98. The van der Waals surface area contributed by atoms with Gasteiger partial charge in [0, 0.05) is 18.2 Å². The summed E-state index contributed by atoms with van der Waals surface area (Å²) in [5.41, 5.74) is -0.418. The number of sulfone groups is 1. The Hall–Kier alpha value is -1.23. The SMILES string of the molecule is O=[N+]([O-])c1ccc(Cl)c(S(=O)(=O)NC2CCS(=O)(=O)C2)c1. The minimum absolute atomic E-state index is 0.0944. The van der Waals surface area contributed by atoms with E-state index in [1.54, 1.807) is 0 Å². The second-order valence-corrected chi connectivity index (χ2v) is 8.91. The number of hydrogen-bond acceptors (Lipinski definition) is 6. The van der Waals surface area contributed by atoms with Crippen molar-refractivity contribution in [3.05, 3.63) is 33.3 Å². The van der Waals surface area contributed by atoms with Gasteiger partial charge in [0.1, 0.15) is 4.90 Å². The number of non-ortho nitro benzene ring substituents is 1. The summed E-state index contributed by atoms with van der Waals surface area (Å²) >= 11 is 5.77. The Labute approximate surface area is 126 Å². The molecule has 0 saturated carbocycles. The molecule has 1 atom stereocenters. The molecule has 1 aliphatic rings. The molecule has 1 N–H and O–H groups in total. The van der Waals surface area contributed by atoms with E-state index < -0.39 is 41.4 Å². The Kier molecular flexibility index (Phi) is 4.24. The summed E-state index contributed by atoms with van der Waals surface area (Å²) in [6.07, 6.45) is 0.161. The minimum Gasteiger partial charge on any atom is -0.258 e. The molecular weight excluding hydrogens is 344 g/mol. The van der Waals surface area contributed by atoms with Crippen molar-refractivity contribution < 1.29 is 21.8 Å². The van der Waals surface area contributed by atoms with Crippen LogP contribution in [0.5, 0.6) is 0 Å². The van der Waals surface area contributed by atoms with Crippen LogP contribution in [-0.4, -0.2) is 39.3 Å². The van der Waals surface area contributed by atoms with E-state index in [1.165, 1.54) is 0 Å². The van der Waals surface area contributed by atoms with Crippen LogP contribution in [-0.2, 0) is 19.9 Å². The summed E-state index contributed by atoms with van der Waals surface area (Å²) in [6, 6.07) is 2.28. The highest BCUT2D eigenvalue weighted by molar-refractivity contribution is 7.92. The zero-order chi connectivity index (χ0) is 15.8. The summed E-state index contributed by atoms with van der Waals surface area (Å²) in [4.78, 5) is 9.51. The molecule has 0 aromatic heterocycles. The molecule has 0 radical (unpaired) electrons. The lowest BCUT2D eigenvalue weighted by atomic mass is 10.3. The Morgan fingerprint density at radius 3 is 2.57 bits per heavy atom. The van der Waals surface area contributed by atoms with Gasteiger partial charge in [-0.1, -0.05) is 11.6 Å². The van der Waals surface area contributed by atoms with Crippen molar-refractivity contribution in [2.24, 2.45) is 0 Å². The van der Waals surface area contributed by atoms with Crippen LogP contribution >= 0.6 is 11.6 Å². The fraction of sp³-hybridized carbons (Fsp3) is 0.400. The quantitative estimate of drug-likeness (QED) is 0.627. The van der Waals surface area contributed by atoms with Gasteiger partial charge in [0.05, 0.1) is 21.5 Å². The van der Waals surface area contributed by atoms with E-state index in [0.717, 1.165) is 18.2 Å². The summed E-state index contributed by atoms with van der Waals surface area (Å²) in [5.74, 6) is -0.387. The van der Waals surface area contributed by atoms with Crippen molar-refractivity contribution in [3.8, 4) is 0 Å². The van der Waals surface area contributed by atoms with Gasteiger partial charge in [-0.25, -0.2) is 21.6 Å². The molecule has 1 heterocycles. The Balaban J connectivity index is 2.32. The van der Waals surface area contributed by atoms with Gasteiger partial charge in [0.2, 0.25) is 10.0 Å². The van der Waals surface area contributed by atoms with Crippen LogP contribution in [0.25, 0.3) is 0 Å². The van der Waals surface area contributed by atoms with E-state index in [9.17, 15) is 26.9 Å². The second kappa shape index (κ2) is 5.52. The molecule has 0 spiro atoms. The Morgan fingerprint density at radius 1 is 1.38 bits per heavy atom. The molecule has 1 saturated heterocycles. The summed E-state index contributed by atoms with van der Waals surface area (Å²) in [6.45, 7) is 0. The monoisotopic (exact) mass is 354 g/mol. The standard InChI is InChI=1S/C10H11ClN2O6S2/c11-9-2-1-8(13(14)15)5-10(9)21(18,19)12-7-3-4-20(16,17)6-7/h1-2,5,7,12H,3-4,6H2. The van der Waals surface area contributed by atoms with Gasteiger partial charge in [0.15, 0.2) is 9.84 Å². The lowest BCUT2D eigenvalue weighted by Crippen LogP contribution is -2.35. The maximum absolute atomic E-state index is 12.2. The molecule has 1 fully saturated rings. The zero-order valence-electron chi connectivity index (χ0n) is 10.5. The highest BCUT2D eigenvalue weighted by atomic mass is 35.5. The first kappa shape index (κ1) is 16.1. The van der Waals surface area contributed by atoms with E-state index in [1.807, 2.05) is 0 Å². The number of halogens is 1. The molecule has 1 aromatic carbocycles. The maximum atomic E-state index is 12.2. The Bertz CT molecular complexity index is 790. The van der Waals surface area contributed by atoms with Crippen molar-refractivity contribution in [3.63, 3.8) is 0 Å². The third kappa shape index (κ3) is 3.70. The number of nitrogens with zero attached hydrogens (tertiary/aromatic N) is 1. The van der Waals surface area contributed by atoms with E-state index in [4.69, 9.17) is 11.6 Å². The van der Waals surface area contributed by atoms with Crippen LogP contribution < -0.4 is 4.72 Å². The van der Waals surface area contributed by atoms with Gasteiger partial charge in [-0.05, 0) is 12.5 Å². The zero-order valence-corrected chi connectivity index (χ0v) is 12.9. The van der Waals surface area contributed by atoms with Crippen molar-refractivity contribution in [2.45, 2.75) is 17.4 Å². The molecule has 2 rings (SSSR count). The highest BCUT2D eigenvalue weighted by Crippen LogP contribution is 2.27. The predicted molar refractivity (Wildman–Crippen MR) is 75.5 cm³/mol. The van der Waals surface area contributed by atoms with E-state index in [2.05, 4.69) is 4.72 Å². The number of sulfonamides is 1. The smallest absolute Gasteiger partial charge is 0.258 e. The normalized spacial score (nSPS) is 21.3. The van der Waals surface area contributed by atoms with E-state index in [-0.39, 0.29) is 22.9 Å². The molecule has 0 aliphatic carbocycles. The predicted octanol–water partition coefficient (Wildman–Crippen LogP) is 0.714. The van der Waals surface area contributed by atoms with Crippen LogP contribution in [0.15, 0.2) is 23.1 Å². The largest absolute Gasteiger partial charge is 0.270 e. The molecule has 1 aromatic rings. The van der Waals surface area contributed by atoms with E-state index >= 15 is 0 Å². The molecule has 0 bridgehead atoms. The fourth-order valence-corrected chi connectivity index (χ4v) is 5.55. The highest BCUT2D eigenvalue weighted by Gasteiger charge is 2.32. The van der Waals surface area contributed by atoms with Gasteiger partial charge >= 0.3 is 0 Å². The van der Waals surface area contributed by atoms with Gasteiger partial charge in [-0.2, -0.15) is 0 Å². The minimum atomic E-state index is -4.13. The number of nitro groups is 1. The number of nitro benzene ring substituents is 1. The van der Waals surface area contributed by atoms with Crippen LogP contribution in [0.4, 0.5) is 5.69 Å². The second-order valence-electron chi connectivity index (χ2n) is 4.59. The molecule has 0 amide bonds. The van der Waals surface area contributed by atoms with Crippen molar-refractivity contribution in [1.29, 1.82) is 0 Å². The average molecular weight is 355 g/mol. The first-order valence-electron chi connectivity index (χ1n) is 5.77. The number of benzene rings is 1. The van der Waals surface area contributed by atoms with Crippen LogP contribution in [0.3, 0.4) is 0 Å².